The van der Waals surface area contributed by atoms with E-state index in [0.29, 0.717) is 33.2 Å². The van der Waals surface area contributed by atoms with Crippen molar-refractivity contribution in [2.75, 3.05) is 6.61 Å². The molecule has 3 aromatic carbocycles. The highest BCUT2D eigenvalue weighted by atomic mass is 35.5. The molecule has 0 aliphatic carbocycles. The van der Waals surface area contributed by atoms with Crippen molar-refractivity contribution in [2.24, 2.45) is 0 Å². The Morgan fingerprint density at radius 1 is 1.07 bits per heavy atom. The van der Waals surface area contributed by atoms with Crippen LogP contribution in [0.15, 0.2) is 72.5 Å². The Morgan fingerprint density at radius 2 is 1.86 bits per heavy atom. The summed E-state index contributed by atoms with van der Waals surface area (Å²) in [6.45, 7) is -0.166. The first-order valence-electron chi connectivity index (χ1n) is 8.75. The maximum Gasteiger partial charge on any atom is 0.231 e. The van der Waals surface area contributed by atoms with Gasteiger partial charge in [-0.2, -0.15) is 0 Å². The molecule has 0 fully saturated rings. The number of fused-ring (bicyclic) bond motifs is 1. The minimum absolute atomic E-state index is 0.0972. The van der Waals surface area contributed by atoms with Crippen LogP contribution in [0.25, 0.3) is 6.08 Å². The van der Waals surface area contributed by atoms with Crippen LogP contribution in [-0.2, 0) is 0 Å². The smallest absolute Gasteiger partial charge is 0.231 e. The lowest BCUT2D eigenvalue weighted by Crippen LogP contribution is -2.11. The highest BCUT2D eigenvalue weighted by Gasteiger charge is 2.27. The van der Waals surface area contributed by atoms with E-state index in [9.17, 15) is 14.0 Å². The average Bonchev–Trinajstić information content (AvgIpc) is 3.01. The van der Waals surface area contributed by atoms with Crippen LogP contribution in [0.4, 0.5) is 4.39 Å². The van der Waals surface area contributed by atoms with Gasteiger partial charge in [0.15, 0.2) is 18.1 Å². The molecule has 0 bridgehead atoms. The molecule has 144 valence electrons. The van der Waals surface area contributed by atoms with Gasteiger partial charge in [0.25, 0.3) is 0 Å². The lowest BCUT2D eigenvalue weighted by atomic mass is 10.1. The van der Waals surface area contributed by atoms with E-state index < -0.39 is 5.82 Å². The van der Waals surface area contributed by atoms with E-state index in [1.165, 1.54) is 18.2 Å². The van der Waals surface area contributed by atoms with Gasteiger partial charge in [-0.25, -0.2) is 4.39 Å². The number of rotatable bonds is 5. The van der Waals surface area contributed by atoms with Crippen LogP contribution in [0, 0.1) is 5.82 Å². The molecule has 0 saturated heterocycles. The Morgan fingerprint density at radius 3 is 2.62 bits per heavy atom. The van der Waals surface area contributed by atoms with Crippen LogP contribution >= 0.6 is 11.6 Å². The molecule has 1 heterocycles. The lowest BCUT2D eigenvalue weighted by molar-refractivity contribution is 0.0921. The Labute approximate surface area is 171 Å². The number of ketones is 2. The molecule has 6 heteroatoms. The standard InChI is InChI=1S/C23H14ClFO4/c24-16-6-4-15(5-7-16)20(26)13-28-18-8-9-19-21(12-18)29-22(23(19)27)11-14-2-1-3-17(25)10-14/h1-12H,13H2/b22-11+. The molecule has 1 aliphatic heterocycles. The maximum atomic E-state index is 13.3. The van der Waals surface area contributed by atoms with Gasteiger partial charge >= 0.3 is 0 Å². The quantitative estimate of drug-likeness (QED) is 0.421. The van der Waals surface area contributed by atoms with Crippen LogP contribution in [0.1, 0.15) is 26.3 Å². The number of hydrogen-bond donors (Lipinski definition) is 0. The third kappa shape index (κ3) is 4.20. The number of carbonyl (C=O) groups excluding carboxylic acids is 2. The molecule has 0 aromatic heterocycles. The highest BCUT2D eigenvalue weighted by Crippen LogP contribution is 2.35. The summed E-state index contributed by atoms with van der Waals surface area (Å²) in [6, 6.07) is 17.1. The minimum Gasteiger partial charge on any atom is -0.485 e. The molecule has 3 aromatic rings. The molecular weight excluding hydrogens is 395 g/mol. The Bertz CT molecular complexity index is 1140. The molecule has 0 amide bonds. The van der Waals surface area contributed by atoms with E-state index in [1.54, 1.807) is 54.6 Å². The number of halogens is 2. The predicted octanol–water partition coefficient (Wildman–Crippen LogP) is 5.36. The van der Waals surface area contributed by atoms with Crippen molar-refractivity contribution in [2.45, 2.75) is 0 Å². The van der Waals surface area contributed by atoms with E-state index >= 15 is 0 Å². The maximum absolute atomic E-state index is 13.3. The third-order valence-electron chi connectivity index (χ3n) is 4.32. The van der Waals surface area contributed by atoms with Crippen LogP contribution in [-0.4, -0.2) is 18.2 Å². The molecular formula is C23H14ClFO4. The number of carbonyl (C=O) groups is 2. The summed E-state index contributed by atoms with van der Waals surface area (Å²) in [4.78, 5) is 24.7. The fourth-order valence-electron chi connectivity index (χ4n) is 2.87. The van der Waals surface area contributed by atoms with Crippen molar-refractivity contribution in [3.63, 3.8) is 0 Å². The zero-order valence-corrected chi connectivity index (χ0v) is 15.8. The number of Topliss-reactive ketones (excluding diaryl/α,β-unsaturated/α-hetero) is 2. The van der Waals surface area contributed by atoms with Gasteiger partial charge in [0.1, 0.15) is 17.3 Å². The van der Waals surface area contributed by atoms with Crippen LogP contribution < -0.4 is 9.47 Å². The molecule has 0 spiro atoms. The van der Waals surface area contributed by atoms with E-state index in [-0.39, 0.29) is 23.9 Å². The first kappa shape index (κ1) is 18.9. The van der Waals surface area contributed by atoms with E-state index in [4.69, 9.17) is 21.1 Å². The van der Waals surface area contributed by atoms with E-state index in [1.807, 2.05) is 0 Å². The van der Waals surface area contributed by atoms with Crippen molar-refractivity contribution < 1.29 is 23.5 Å². The summed E-state index contributed by atoms with van der Waals surface area (Å²) in [5, 5.41) is 0.546. The van der Waals surface area contributed by atoms with Gasteiger partial charge in [0.05, 0.1) is 5.56 Å². The van der Waals surface area contributed by atoms with Crippen LogP contribution in [0.2, 0.25) is 5.02 Å². The monoisotopic (exact) mass is 408 g/mol. The molecule has 0 N–H and O–H groups in total. The molecule has 1 aliphatic rings. The number of ether oxygens (including phenoxy) is 2. The van der Waals surface area contributed by atoms with Crippen molar-refractivity contribution in [1.29, 1.82) is 0 Å². The SMILES string of the molecule is O=C(COc1ccc2c(c1)O/C(=C/c1cccc(F)c1)C2=O)c1ccc(Cl)cc1. The molecule has 4 rings (SSSR count). The van der Waals surface area contributed by atoms with Gasteiger partial charge < -0.3 is 9.47 Å². The average molecular weight is 409 g/mol. The topological polar surface area (TPSA) is 52.6 Å². The summed E-state index contributed by atoms with van der Waals surface area (Å²) < 4.78 is 24.5. The summed E-state index contributed by atoms with van der Waals surface area (Å²) in [6.07, 6.45) is 1.48. The van der Waals surface area contributed by atoms with E-state index in [2.05, 4.69) is 0 Å². The number of allylic oxidation sites excluding steroid dienone is 1. The minimum atomic E-state index is -0.400. The van der Waals surface area contributed by atoms with Crippen molar-refractivity contribution in [3.05, 3.63) is 100 Å². The third-order valence-corrected chi connectivity index (χ3v) is 4.58. The lowest BCUT2D eigenvalue weighted by Gasteiger charge is -2.07. The fourth-order valence-corrected chi connectivity index (χ4v) is 3.00. The van der Waals surface area contributed by atoms with Crippen LogP contribution in [0.3, 0.4) is 0 Å². The Balaban J connectivity index is 1.47. The van der Waals surface area contributed by atoms with Gasteiger partial charge in [-0.1, -0.05) is 23.7 Å². The molecule has 4 nitrogen and oxygen atoms in total. The predicted molar refractivity (Wildman–Crippen MR) is 107 cm³/mol. The molecule has 0 unspecified atom stereocenters. The van der Waals surface area contributed by atoms with Crippen molar-refractivity contribution >= 4 is 29.2 Å². The first-order valence-corrected chi connectivity index (χ1v) is 9.13. The summed E-state index contributed by atoms with van der Waals surface area (Å²) >= 11 is 5.82. The molecule has 29 heavy (non-hydrogen) atoms. The second-order valence-electron chi connectivity index (χ2n) is 6.37. The highest BCUT2D eigenvalue weighted by molar-refractivity contribution is 6.30. The second-order valence-corrected chi connectivity index (χ2v) is 6.81. The first-order chi connectivity index (χ1) is 14.0. The number of hydrogen-bond acceptors (Lipinski definition) is 4. The van der Waals surface area contributed by atoms with Gasteiger partial charge in [0.2, 0.25) is 5.78 Å². The zero-order chi connectivity index (χ0) is 20.4. The molecule has 0 atom stereocenters. The normalized spacial score (nSPS) is 13.9. The van der Waals surface area contributed by atoms with Crippen LogP contribution in [0.5, 0.6) is 11.5 Å². The van der Waals surface area contributed by atoms with Crippen molar-refractivity contribution in [1.82, 2.24) is 0 Å². The van der Waals surface area contributed by atoms with Gasteiger partial charge in [-0.3, -0.25) is 9.59 Å². The fraction of sp³-hybridized carbons (Fsp3) is 0.0435. The summed E-state index contributed by atoms with van der Waals surface area (Å²) in [5.41, 5.74) is 1.39. The van der Waals surface area contributed by atoms with Crippen molar-refractivity contribution in [3.8, 4) is 11.5 Å². The summed E-state index contributed by atoms with van der Waals surface area (Å²) in [7, 11) is 0. The molecule has 0 radical (unpaired) electrons. The largest absolute Gasteiger partial charge is 0.485 e. The van der Waals surface area contributed by atoms with Gasteiger partial charge in [-0.15, -0.1) is 0 Å². The summed E-state index contributed by atoms with van der Waals surface area (Å²) in [5.74, 6) is -0.0813. The van der Waals surface area contributed by atoms with Gasteiger partial charge in [0, 0.05) is 16.7 Å². The van der Waals surface area contributed by atoms with Gasteiger partial charge in [-0.05, 0) is 60.2 Å². The molecule has 0 saturated carbocycles. The van der Waals surface area contributed by atoms with E-state index in [0.717, 1.165) is 0 Å². The second kappa shape index (κ2) is 7.89. The Hall–Kier alpha value is -3.44. The zero-order valence-electron chi connectivity index (χ0n) is 15.0. The Kier molecular flexibility index (Phi) is 5.14. The number of benzene rings is 3.